The van der Waals surface area contributed by atoms with Gasteiger partial charge in [-0.1, -0.05) is 0 Å². The topological polar surface area (TPSA) is 76.0 Å². The summed E-state index contributed by atoms with van der Waals surface area (Å²) >= 11 is 0. The Bertz CT molecular complexity index is 371. The molecule has 1 aromatic carbocycles. The Morgan fingerprint density at radius 1 is 1.38 bits per heavy atom. The van der Waals surface area contributed by atoms with Crippen LogP contribution in [0.1, 0.15) is 10.4 Å². The highest BCUT2D eigenvalue weighted by molar-refractivity contribution is 5.89. The van der Waals surface area contributed by atoms with E-state index in [1.807, 2.05) is 0 Å². The highest BCUT2D eigenvalue weighted by Gasteiger charge is 2.20. The van der Waals surface area contributed by atoms with Gasteiger partial charge >= 0.3 is 5.97 Å². The van der Waals surface area contributed by atoms with Crippen LogP contribution in [0.3, 0.4) is 0 Å². The molecule has 0 fully saturated rings. The summed E-state index contributed by atoms with van der Waals surface area (Å²) in [6, 6.07) is 2.43. The van der Waals surface area contributed by atoms with Crippen molar-refractivity contribution in [2.75, 3.05) is 6.79 Å². The molecule has 1 aliphatic heterocycles. The SMILES string of the molecule is O=C(O)c1cc(O)c2c(c1)OCO2. The smallest absolute Gasteiger partial charge is 0.335 e. The number of ether oxygens (including phenoxy) is 2. The van der Waals surface area contributed by atoms with E-state index in [-0.39, 0.29) is 29.6 Å². The van der Waals surface area contributed by atoms with Gasteiger partial charge in [0.2, 0.25) is 12.5 Å². The van der Waals surface area contributed by atoms with Crippen molar-refractivity contribution in [1.29, 1.82) is 0 Å². The van der Waals surface area contributed by atoms with E-state index in [1.165, 1.54) is 6.07 Å². The van der Waals surface area contributed by atoms with Crippen LogP contribution < -0.4 is 9.47 Å². The molecule has 0 aliphatic carbocycles. The van der Waals surface area contributed by atoms with Crippen molar-refractivity contribution in [3.05, 3.63) is 17.7 Å². The molecule has 0 bridgehead atoms. The second kappa shape index (κ2) is 2.55. The van der Waals surface area contributed by atoms with E-state index in [0.29, 0.717) is 0 Å². The van der Waals surface area contributed by atoms with Crippen molar-refractivity contribution in [2.24, 2.45) is 0 Å². The van der Waals surface area contributed by atoms with Gasteiger partial charge in [0.15, 0.2) is 11.5 Å². The summed E-state index contributed by atoms with van der Waals surface area (Å²) in [6.07, 6.45) is 0. The van der Waals surface area contributed by atoms with Crippen molar-refractivity contribution >= 4 is 5.97 Å². The van der Waals surface area contributed by atoms with Crippen LogP contribution in [0.15, 0.2) is 12.1 Å². The molecule has 1 aliphatic rings. The quantitative estimate of drug-likeness (QED) is 0.672. The summed E-state index contributed by atoms with van der Waals surface area (Å²) in [4.78, 5) is 10.5. The van der Waals surface area contributed by atoms with Crippen LogP contribution in [-0.2, 0) is 0 Å². The van der Waals surface area contributed by atoms with Crippen LogP contribution in [-0.4, -0.2) is 23.0 Å². The van der Waals surface area contributed by atoms with Gasteiger partial charge < -0.3 is 19.7 Å². The maximum atomic E-state index is 10.5. The Labute approximate surface area is 73.1 Å². The average molecular weight is 182 g/mol. The summed E-state index contributed by atoms with van der Waals surface area (Å²) in [5, 5.41) is 17.9. The molecule has 68 valence electrons. The first kappa shape index (κ1) is 7.72. The second-order valence-electron chi connectivity index (χ2n) is 2.53. The highest BCUT2D eigenvalue weighted by Crippen LogP contribution is 2.40. The normalized spacial score (nSPS) is 12.9. The molecule has 2 rings (SSSR count). The van der Waals surface area contributed by atoms with E-state index in [4.69, 9.17) is 14.6 Å². The van der Waals surface area contributed by atoms with Crippen LogP contribution in [0.25, 0.3) is 0 Å². The van der Waals surface area contributed by atoms with E-state index in [2.05, 4.69) is 0 Å². The lowest BCUT2D eigenvalue weighted by Gasteiger charge is -2.00. The Balaban J connectivity index is 2.55. The number of aromatic hydroxyl groups is 1. The van der Waals surface area contributed by atoms with Gasteiger partial charge in [-0.3, -0.25) is 0 Å². The zero-order valence-corrected chi connectivity index (χ0v) is 6.48. The lowest BCUT2D eigenvalue weighted by atomic mass is 10.2. The summed E-state index contributed by atoms with van der Waals surface area (Å²) < 4.78 is 9.82. The number of carboxylic acids is 1. The molecule has 0 spiro atoms. The number of hydrogen-bond donors (Lipinski definition) is 2. The Morgan fingerprint density at radius 2 is 2.15 bits per heavy atom. The Hall–Kier alpha value is -1.91. The molecule has 0 atom stereocenters. The third kappa shape index (κ3) is 1.14. The summed E-state index contributed by atoms with van der Waals surface area (Å²) in [7, 11) is 0. The van der Waals surface area contributed by atoms with Gasteiger partial charge in [0.25, 0.3) is 0 Å². The monoisotopic (exact) mass is 182 g/mol. The predicted octanol–water partition coefficient (Wildman–Crippen LogP) is 0.819. The minimum atomic E-state index is -1.12. The molecular formula is C8H6O5. The van der Waals surface area contributed by atoms with Crippen molar-refractivity contribution in [3.63, 3.8) is 0 Å². The van der Waals surface area contributed by atoms with Crippen LogP contribution in [0.5, 0.6) is 17.2 Å². The fourth-order valence-electron chi connectivity index (χ4n) is 1.12. The van der Waals surface area contributed by atoms with Crippen LogP contribution in [0.2, 0.25) is 0 Å². The van der Waals surface area contributed by atoms with Crippen molar-refractivity contribution < 1.29 is 24.5 Å². The van der Waals surface area contributed by atoms with E-state index in [1.54, 1.807) is 0 Å². The van der Waals surface area contributed by atoms with Crippen molar-refractivity contribution in [2.45, 2.75) is 0 Å². The number of aromatic carboxylic acids is 1. The molecular weight excluding hydrogens is 176 g/mol. The fourth-order valence-corrected chi connectivity index (χ4v) is 1.12. The van der Waals surface area contributed by atoms with Crippen LogP contribution in [0, 0.1) is 0 Å². The maximum Gasteiger partial charge on any atom is 0.335 e. The lowest BCUT2D eigenvalue weighted by Crippen LogP contribution is -1.95. The first-order valence-electron chi connectivity index (χ1n) is 3.54. The minimum absolute atomic E-state index is 0.00592. The van der Waals surface area contributed by atoms with Gasteiger partial charge in [-0.05, 0) is 12.1 Å². The summed E-state index contributed by atoms with van der Waals surface area (Å²) in [5.74, 6) is -0.872. The zero-order chi connectivity index (χ0) is 9.42. The molecule has 5 nitrogen and oxygen atoms in total. The maximum absolute atomic E-state index is 10.5. The van der Waals surface area contributed by atoms with Gasteiger partial charge in [-0.15, -0.1) is 0 Å². The number of benzene rings is 1. The van der Waals surface area contributed by atoms with Crippen molar-refractivity contribution in [3.8, 4) is 17.2 Å². The number of carbonyl (C=O) groups is 1. The first-order chi connectivity index (χ1) is 6.18. The second-order valence-corrected chi connectivity index (χ2v) is 2.53. The number of hydrogen-bond acceptors (Lipinski definition) is 4. The molecule has 5 heteroatoms. The van der Waals surface area contributed by atoms with E-state index < -0.39 is 5.97 Å². The van der Waals surface area contributed by atoms with E-state index >= 15 is 0 Å². The standard InChI is InChI=1S/C8H6O5/c9-5-1-4(8(10)11)2-6-7(5)13-3-12-6/h1-2,9H,3H2,(H,10,11). The minimum Gasteiger partial charge on any atom is -0.504 e. The first-order valence-corrected chi connectivity index (χ1v) is 3.54. The van der Waals surface area contributed by atoms with E-state index in [9.17, 15) is 9.90 Å². The van der Waals surface area contributed by atoms with Crippen LogP contribution >= 0.6 is 0 Å². The highest BCUT2D eigenvalue weighted by atomic mass is 16.7. The molecule has 13 heavy (non-hydrogen) atoms. The molecule has 0 radical (unpaired) electrons. The summed E-state index contributed by atoms with van der Waals surface area (Å²) in [5.41, 5.74) is -0.0262. The van der Waals surface area contributed by atoms with Crippen LogP contribution in [0.4, 0.5) is 0 Å². The number of rotatable bonds is 1. The number of phenolic OH excluding ortho intramolecular Hbond substituents is 1. The van der Waals surface area contributed by atoms with Crippen molar-refractivity contribution in [1.82, 2.24) is 0 Å². The van der Waals surface area contributed by atoms with Gasteiger partial charge in [0.1, 0.15) is 0 Å². The molecule has 1 aromatic rings. The molecule has 1 heterocycles. The molecule has 0 saturated heterocycles. The Morgan fingerprint density at radius 3 is 2.85 bits per heavy atom. The van der Waals surface area contributed by atoms with E-state index in [0.717, 1.165) is 6.07 Å². The fraction of sp³-hybridized carbons (Fsp3) is 0.125. The lowest BCUT2D eigenvalue weighted by molar-refractivity contribution is 0.0696. The molecule has 0 saturated carbocycles. The third-order valence-corrected chi connectivity index (χ3v) is 1.70. The Kier molecular flexibility index (Phi) is 1.51. The average Bonchev–Trinajstić information content (AvgIpc) is 2.51. The molecule has 0 amide bonds. The molecule has 2 N–H and O–H groups in total. The number of carboxylic acid groups (broad SMARTS) is 1. The van der Waals surface area contributed by atoms with Gasteiger partial charge in [-0.2, -0.15) is 0 Å². The summed E-state index contributed by atoms with van der Waals surface area (Å²) in [6.45, 7) is 0.00592. The number of phenols is 1. The largest absolute Gasteiger partial charge is 0.504 e. The zero-order valence-electron chi connectivity index (χ0n) is 6.48. The van der Waals surface area contributed by atoms with Gasteiger partial charge in [0, 0.05) is 0 Å². The predicted molar refractivity (Wildman–Crippen MR) is 41.2 cm³/mol. The molecule has 0 unspecified atom stereocenters. The van der Waals surface area contributed by atoms with Gasteiger partial charge in [0.05, 0.1) is 5.56 Å². The molecule has 0 aromatic heterocycles. The third-order valence-electron chi connectivity index (χ3n) is 1.70. The van der Waals surface area contributed by atoms with Gasteiger partial charge in [-0.25, -0.2) is 4.79 Å². The number of fused-ring (bicyclic) bond motifs is 1.